The molecule has 1 aromatic carbocycles. The molecule has 1 aromatic rings. The standard InChI is InChI=1S/C27H42O/c1-17(2)7-6-8-18(3)22-11-12-24-23-10-9-20-16-21(28)13-14-27(20,5)25(23)15-19(4)26(22)24/h15,17-18,20-22,28H,6-14,16H2,1-5H3/t18-,20?,21?,22-,27+/m1/s1. The minimum atomic E-state index is -0.0637. The van der Waals surface area contributed by atoms with E-state index in [0.717, 1.165) is 30.6 Å². The Bertz CT molecular complexity index is 717. The van der Waals surface area contributed by atoms with Crippen LogP contribution in [0.3, 0.4) is 0 Å². The molecule has 28 heavy (non-hydrogen) atoms. The molecular formula is C27H42O. The topological polar surface area (TPSA) is 20.2 Å². The van der Waals surface area contributed by atoms with Crippen LogP contribution in [-0.2, 0) is 18.3 Å². The van der Waals surface area contributed by atoms with E-state index in [-0.39, 0.29) is 6.10 Å². The molecule has 4 rings (SSSR count). The van der Waals surface area contributed by atoms with Crippen LogP contribution >= 0.6 is 0 Å². The molecule has 1 fully saturated rings. The molecule has 0 aromatic heterocycles. The van der Waals surface area contributed by atoms with Crippen molar-refractivity contribution in [1.82, 2.24) is 0 Å². The predicted molar refractivity (Wildman–Crippen MR) is 119 cm³/mol. The lowest BCUT2D eigenvalue weighted by atomic mass is 9.57. The molecule has 156 valence electrons. The molecule has 0 radical (unpaired) electrons. The first-order valence-electron chi connectivity index (χ1n) is 12.1. The van der Waals surface area contributed by atoms with E-state index in [9.17, 15) is 5.11 Å². The summed E-state index contributed by atoms with van der Waals surface area (Å²) < 4.78 is 0. The Morgan fingerprint density at radius 1 is 1.07 bits per heavy atom. The average Bonchev–Trinajstić information content (AvgIpc) is 3.09. The quantitative estimate of drug-likeness (QED) is 0.590. The maximum atomic E-state index is 10.2. The molecule has 1 N–H and O–H groups in total. The molecule has 2 unspecified atom stereocenters. The minimum absolute atomic E-state index is 0.0637. The highest BCUT2D eigenvalue weighted by Crippen LogP contribution is 2.54. The van der Waals surface area contributed by atoms with Gasteiger partial charge in [0.1, 0.15) is 0 Å². The average molecular weight is 383 g/mol. The van der Waals surface area contributed by atoms with E-state index in [0.29, 0.717) is 11.3 Å². The van der Waals surface area contributed by atoms with Gasteiger partial charge in [-0.2, -0.15) is 0 Å². The monoisotopic (exact) mass is 382 g/mol. The van der Waals surface area contributed by atoms with Gasteiger partial charge in [-0.15, -0.1) is 0 Å². The number of benzene rings is 1. The molecule has 0 amide bonds. The second-order valence-electron chi connectivity index (χ2n) is 11.1. The van der Waals surface area contributed by atoms with E-state index >= 15 is 0 Å². The second-order valence-corrected chi connectivity index (χ2v) is 11.1. The van der Waals surface area contributed by atoms with Crippen LogP contribution in [0, 0.1) is 24.7 Å². The number of aryl methyl sites for hydroxylation is 1. The number of rotatable bonds is 5. The van der Waals surface area contributed by atoms with Crippen LogP contribution in [0.5, 0.6) is 0 Å². The zero-order valence-corrected chi connectivity index (χ0v) is 19.0. The lowest BCUT2D eigenvalue weighted by Gasteiger charge is -2.48. The van der Waals surface area contributed by atoms with Gasteiger partial charge < -0.3 is 5.11 Å². The molecule has 3 aliphatic rings. The number of hydrogen-bond acceptors (Lipinski definition) is 1. The van der Waals surface area contributed by atoms with E-state index in [1.54, 1.807) is 27.8 Å². The lowest BCUT2D eigenvalue weighted by Crippen LogP contribution is -2.43. The third-order valence-electron chi connectivity index (χ3n) is 8.82. The fourth-order valence-electron chi connectivity index (χ4n) is 7.09. The molecule has 1 nitrogen and oxygen atoms in total. The first-order chi connectivity index (χ1) is 13.3. The largest absolute Gasteiger partial charge is 0.393 e. The van der Waals surface area contributed by atoms with Crippen LogP contribution in [-0.4, -0.2) is 11.2 Å². The summed E-state index contributed by atoms with van der Waals surface area (Å²) in [5.74, 6) is 3.10. The number of aliphatic hydroxyl groups is 1. The highest BCUT2D eigenvalue weighted by molar-refractivity contribution is 5.54. The van der Waals surface area contributed by atoms with Gasteiger partial charge in [0.25, 0.3) is 0 Å². The van der Waals surface area contributed by atoms with E-state index < -0.39 is 0 Å². The summed E-state index contributed by atoms with van der Waals surface area (Å²) in [5, 5.41) is 10.2. The van der Waals surface area contributed by atoms with Crippen LogP contribution in [0.25, 0.3) is 0 Å². The van der Waals surface area contributed by atoms with Crippen LogP contribution in [0.1, 0.15) is 113 Å². The van der Waals surface area contributed by atoms with Gasteiger partial charge in [-0.25, -0.2) is 0 Å². The van der Waals surface area contributed by atoms with Gasteiger partial charge in [0.05, 0.1) is 6.10 Å². The maximum Gasteiger partial charge on any atom is 0.0543 e. The van der Waals surface area contributed by atoms with Crippen molar-refractivity contribution in [3.8, 4) is 0 Å². The SMILES string of the molecule is Cc1cc2c(c3c1[C@@H]([C@H](C)CCCC(C)C)CC3)CCC1CC(O)CC[C@]21C. The Kier molecular flexibility index (Phi) is 5.69. The summed E-state index contributed by atoms with van der Waals surface area (Å²) in [4.78, 5) is 0. The normalized spacial score (nSPS) is 32.8. The lowest BCUT2D eigenvalue weighted by molar-refractivity contribution is 0.0482. The molecule has 1 heteroatoms. The van der Waals surface area contributed by atoms with Gasteiger partial charge in [-0.05, 0) is 109 Å². The van der Waals surface area contributed by atoms with E-state index in [2.05, 4.69) is 40.7 Å². The number of aliphatic hydroxyl groups excluding tert-OH is 1. The van der Waals surface area contributed by atoms with Crippen molar-refractivity contribution in [3.05, 3.63) is 33.9 Å². The van der Waals surface area contributed by atoms with Gasteiger partial charge >= 0.3 is 0 Å². The zero-order chi connectivity index (χ0) is 20.1. The molecule has 0 bridgehead atoms. The molecule has 3 aliphatic carbocycles. The summed E-state index contributed by atoms with van der Waals surface area (Å²) in [7, 11) is 0. The molecule has 5 atom stereocenters. The number of fused-ring (bicyclic) bond motifs is 5. The Labute approximate surface area is 173 Å². The third-order valence-corrected chi connectivity index (χ3v) is 8.82. The van der Waals surface area contributed by atoms with Crippen molar-refractivity contribution >= 4 is 0 Å². The van der Waals surface area contributed by atoms with Crippen molar-refractivity contribution in [2.45, 2.75) is 116 Å². The maximum absolute atomic E-state index is 10.2. The highest BCUT2D eigenvalue weighted by Gasteiger charge is 2.46. The summed E-state index contributed by atoms with van der Waals surface area (Å²) in [6.07, 6.45) is 12.5. The van der Waals surface area contributed by atoms with E-state index in [1.165, 1.54) is 51.4 Å². The van der Waals surface area contributed by atoms with Crippen LogP contribution in [0.2, 0.25) is 0 Å². The summed E-state index contributed by atoms with van der Waals surface area (Å²) in [6, 6.07) is 2.59. The highest BCUT2D eigenvalue weighted by atomic mass is 16.3. The second kappa shape index (κ2) is 7.78. The fraction of sp³-hybridized carbons (Fsp3) is 0.778. The molecule has 0 saturated heterocycles. The Morgan fingerprint density at radius 2 is 1.82 bits per heavy atom. The Morgan fingerprint density at radius 3 is 2.57 bits per heavy atom. The zero-order valence-electron chi connectivity index (χ0n) is 19.0. The smallest absolute Gasteiger partial charge is 0.0543 e. The van der Waals surface area contributed by atoms with Crippen LogP contribution in [0.15, 0.2) is 6.07 Å². The minimum Gasteiger partial charge on any atom is -0.393 e. The summed E-state index contributed by atoms with van der Waals surface area (Å²) in [5.41, 5.74) is 8.76. The molecule has 0 spiro atoms. The molecule has 0 aliphatic heterocycles. The summed E-state index contributed by atoms with van der Waals surface area (Å²) >= 11 is 0. The van der Waals surface area contributed by atoms with Crippen molar-refractivity contribution in [1.29, 1.82) is 0 Å². The molecule has 0 heterocycles. The van der Waals surface area contributed by atoms with Gasteiger partial charge in [-0.3, -0.25) is 0 Å². The van der Waals surface area contributed by atoms with Crippen LogP contribution in [0.4, 0.5) is 0 Å². The third kappa shape index (κ3) is 3.47. The molecule has 1 saturated carbocycles. The van der Waals surface area contributed by atoms with Crippen molar-refractivity contribution < 1.29 is 5.11 Å². The number of hydrogen-bond donors (Lipinski definition) is 1. The van der Waals surface area contributed by atoms with Gasteiger partial charge in [-0.1, -0.05) is 53.0 Å². The van der Waals surface area contributed by atoms with Gasteiger partial charge in [0, 0.05) is 0 Å². The summed E-state index contributed by atoms with van der Waals surface area (Å²) in [6.45, 7) is 12.1. The first-order valence-corrected chi connectivity index (χ1v) is 12.1. The van der Waals surface area contributed by atoms with Crippen LogP contribution < -0.4 is 0 Å². The molecular weight excluding hydrogens is 340 g/mol. The predicted octanol–water partition coefficient (Wildman–Crippen LogP) is 6.85. The van der Waals surface area contributed by atoms with Gasteiger partial charge in [0.15, 0.2) is 0 Å². The van der Waals surface area contributed by atoms with Crippen molar-refractivity contribution in [2.75, 3.05) is 0 Å². The van der Waals surface area contributed by atoms with E-state index in [4.69, 9.17) is 0 Å². The first kappa shape index (κ1) is 20.5. The van der Waals surface area contributed by atoms with Gasteiger partial charge in [0.2, 0.25) is 0 Å². The Balaban J connectivity index is 1.62. The van der Waals surface area contributed by atoms with Crippen molar-refractivity contribution in [3.63, 3.8) is 0 Å². The Hall–Kier alpha value is -0.820. The van der Waals surface area contributed by atoms with Crippen molar-refractivity contribution in [2.24, 2.45) is 17.8 Å². The fourth-order valence-corrected chi connectivity index (χ4v) is 7.09. The van der Waals surface area contributed by atoms with E-state index in [1.807, 2.05) is 0 Å².